The molecule has 3 rings (SSSR count). The highest BCUT2D eigenvalue weighted by Gasteiger charge is 2.15. The number of pyridine rings is 1. The quantitative estimate of drug-likeness (QED) is 0.640. The van der Waals surface area contributed by atoms with Gasteiger partial charge in [0.1, 0.15) is 5.15 Å². The molecule has 2 aromatic rings. The van der Waals surface area contributed by atoms with Gasteiger partial charge in [-0.1, -0.05) is 40.8 Å². The third-order valence-electron chi connectivity index (χ3n) is 3.03. The average Bonchev–Trinajstić information content (AvgIpc) is 3.15. The number of ether oxygens (including phenoxy) is 1. The van der Waals surface area contributed by atoms with Crippen molar-refractivity contribution in [3.63, 3.8) is 0 Å². The number of nitrogens with one attached hydrogen (secondary N) is 1. The second-order valence-corrected chi connectivity index (χ2v) is 7.22. The molecule has 0 bridgehead atoms. The number of anilines is 1. The minimum Gasteiger partial charge on any atom is -0.376 e. The van der Waals surface area contributed by atoms with Gasteiger partial charge in [-0.3, -0.25) is 0 Å². The van der Waals surface area contributed by atoms with Gasteiger partial charge in [0.15, 0.2) is 4.34 Å². The van der Waals surface area contributed by atoms with E-state index in [2.05, 4.69) is 20.5 Å². The molecule has 0 aliphatic carbocycles. The number of halogens is 1. The first-order valence-corrected chi connectivity index (χ1v) is 8.91. The van der Waals surface area contributed by atoms with Crippen molar-refractivity contribution >= 4 is 39.8 Å². The first-order chi connectivity index (χ1) is 10.3. The Labute approximate surface area is 136 Å². The van der Waals surface area contributed by atoms with Crippen LogP contribution in [0.25, 0.3) is 0 Å². The first kappa shape index (κ1) is 15.0. The van der Waals surface area contributed by atoms with Gasteiger partial charge in [-0.25, -0.2) is 4.98 Å². The van der Waals surface area contributed by atoms with Crippen molar-refractivity contribution in [1.29, 1.82) is 0 Å². The summed E-state index contributed by atoms with van der Waals surface area (Å²) in [5, 5.41) is 12.9. The van der Waals surface area contributed by atoms with Crippen molar-refractivity contribution in [1.82, 2.24) is 15.2 Å². The molecule has 0 aromatic carbocycles. The summed E-state index contributed by atoms with van der Waals surface area (Å²) < 4.78 is 6.49. The van der Waals surface area contributed by atoms with E-state index in [1.165, 1.54) is 0 Å². The highest BCUT2D eigenvalue weighted by Crippen LogP contribution is 2.28. The molecule has 8 heteroatoms. The maximum Gasteiger partial charge on any atom is 0.206 e. The van der Waals surface area contributed by atoms with Crippen molar-refractivity contribution in [2.75, 3.05) is 18.5 Å². The molecule has 0 radical (unpaired) electrons. The molecule has 1 fully saturated rings. The van der Waals surface area contributed by atoms with Crippen LogP contribution in [0.4, 0.5) is 5.13 Å². The van der Waals surface area contributed by atoms with Crippen molar-refractivity contribution in [2.24, 2.45) is 0 Å². The second kappa shape index (κ2) is 7.40. The van der Waals surface area contributed by atoms with E-state index < -0.39 is 0 Å². The molecular weight excluding hydrogens is 328 g/mol. The highest BCUT2D eigenvalue weighted by atomic mass is 35.5. The first-order valence-electron chi connectivity index (χ1n) is 6.73. The summed E-state index contributed by atoms with van der Waals surface area (Å²) in [6.45, 7) is 1.67. The number of rotatable bonds is 6. The molecule has 0 amide bonds. The Morgan fingerprint density at radius 3 is 3.19 bits per heavy atom. The Morgan fingerprint density at radius 1 is 1.43 bits per heavy atom. The zero-order chi connectivity index (χ0) is 14.5. The summed E-state index contributed by atoms with van der Waals surface area (Å²) in [7, 11) is 0. The van der Waals surface area contributed by atoms with E-state index in [1.807, 2.05) is 12.1 Å². The fraction of sp³-hybridized carbons (Fsp3) is 0.462. The van der Waals surface area contributed by atoms with E-state index >= 15 is 0 Å². The second-order valence-electron chi connectivity index (χ2n) is 4.63. The molecule has 0 unspecified atom stereocenters. The molecule has 1 atom stereocenters. The fourth-order valence-electron chi connectivity index (χ4n) is 2.01. The Hall–Kier alpha value is -0.890. The van der Waals surface area contributed by atoms with Gasteiger partial charge in [-0.15, -0.1) is 10.2 Å². The van der Waals surface area contributed by atoms with Crippen molar-refractivity contribution in [3.8, 4) is 0 Å². The zero-order valence-corrected chi connectivity index (χ0v) is 13.7. The van der Waals surface area contributed by atoms with Gasteiger partial charge in [-0.2, -0.15) is 0 Å². The van der Waals surface area contributed by atoms with Gasteiger partial charge in [-0.05, 0) is 25.0 Å². The number of thioether (sulfide) groups is 1. The predicted molar refractivity (Wildman–Crippen MR) is 86.2 cm³/mol. The molecule has 0 spiro atoms. The Morgan fingerprint density at radius 2 is 2.38 bits per heavy atom. The van der Waals surface area contributed by atoms with Gasteiger partial charge in [0.2, 0.25) is 5.13 Å². The summed E-state index contributed by atoms with van der Waals surface area (Å²) in [4.78, 5) is 4.25. The monoisotopic (exact) mass is 342 g/mol. The van der Waals surface area contributed by atoms with Crippen LogP contribution >= 0.6 is 34.7 Å². The molecule has 21 heavy (non-hydrogen) atoms. The molecular formula is C13H15ClN4OS2. The lowest BCUT2D eigenvalue weighted by Gasteiger charge is -2.08. The van der Waals surface area contributed by atoms with E-state index in [0.717, 1.165) is 46.9 Å². The molecule has 1 aliphatic heterocycles. The molecule has 1 aliphatic rings. The van der Waals surface area contributed by atoms with Crippen LogP contribution in [0.1, 0.15) is 18.5 Å². The summed E-state index contributed by atoms with van der Waals surface area (Å²) >= 11 is 9.03. The highest BCUT2D eigenvalue weighted by molar-refractivity contribution is 8.00. The summed E-state index contributed by atoms with van der Waals surface area (Å²) in [5.41, 5.74) is 0.941. The van der Waals surface area contributed by atoms with Crippen LogP contribution < -0.4 is 5.32 Å². The van der Waals surface area contributed by atoms with Crippen molar-refractivity contribution in [2.45, 2.75) is 29.0 Å². The maximum absolute atomic E-state index is 5.87. The van der Waals surface area contributed by atoms with Crippen LogP contribution in [0, 0.1) is 0 Å². The Balaban J connectivity index is 1.48. The fourth-order valence-corrected chi connectivity index (χ4v) is 3.86. The van der Waals surface area contributed by atoms with Crippen LogP contribution in [0.2, 0.25) is 5.15 Å². The molecule has 112 valence electrons. The zero-order valence-electron chi connectivity index (χ0n) is 11.3. The normalized spacial score (nSPS) is 18.0. The number of nitrogens with zero attached hydrogens (tertiary/aromatic N) is 3. The summed E-state index contributed by atoms with van der Waals surface area (Å²) in [6, 6.07) is 5.63. The van der Waals surface area contributed by atoms with Gasteiger partial charge < -0.3 is 10.1 Å². The van der Waals surface area contributed by atoms with Gasteiger partial charge >= 0.3 is 0 Å². The van der Waals surface area contributed by atoms with Crippen LogP contribution in [0.15, 0.2) is 22.5 Å². The van der Waals surface area contributed by atoms with E-state index in [-0.39, 0.29) is 0 Å². The molecule has 0 saturated carbocycles. The number of hydrogen-bond acceptors (Lipinski definition) is 7. The lowest BCUT2D eigenvalue weighted by atomic mass is 10.2. The maximum atomic E-state index is 5.87. The molecule has 2 aromatic heterocycles. The molecule has 1 saturated heterocycles. The van der Waals surface area contributed by atoms with Crippen molar-refractivity contribution < 1.29 is 4.74 Å². The average molecular weight is 343 g/mol. The third kappa shape index (κ3) is 4.54. The van der Waals surface area contributed by atoms with Crippen LogP contribution in [0.3, 0.4) is 0 Å². The number of hydrogen-bond donors (Lipinski definition) is 1. The van der Waals surface area contributed by atoms with E-state index in [1.54, 1.807) is 29.2 Å². The SMILES string of the molecule is Clc1cccc(CSc2nnc(NC[C@H]3CCCO3)s2)n1. The van der Waals surface area contributed by atoms with Crippen LogP contribution in [0.5, 0.6) is 0 Å². The number of aromatic nitrogens is 3. The summed E-state index contributed by atoms with van der Waals surface area (Å²) in [6.07, 6.45) is 2.57. The van der Waals surface area contributed by atoms with Gasteiger partial charge in [0.25, 0.3) is 0 Å². The predicted octanol–water partition coefficient (Wildman–Crippen LogP) is 3.47. The van der Waals surface area contributed by atoms with Crippen LogP contribution in [-0.4, -0.2) is 34.4 Å². The minimum atomic E-state index is 0.306. The van der Waals surface area contributed by atoms with Crippen LogP contribution in [-0.2, 0) is 10.5 Å². The smallest absolute Gasteiger partial charge is 0.206 e. The molecule has 5 nitrogen and oxygen atoms in total. The van der Waals surface area contributed by atoms with E-state index in [0.29, 0.717) is 11.3 Å². The summed E-state index contributed by atoms with van der Waals surface area (Å²) in [5.74, 6) is 0.737. The lowest BCUT2D eigenvalue weighted by molar-refractivity contribution is 0.120. The standard InChI is InChI=1S/C13H15ClN4OS2/c14-11-5-1-3-9(16-11)8-20-13-18-17-12(21-13)15-7-10-4-2-6-19-10/h1,3,5,10H,2,4,6-8H2,(H,15,17)/t10-/m1/s1. The lowest BCUT2D eigenvalue weighted by Crippen LogP contribution is -2.18. The Kier molecular flexibility index (Phi) is 5.29. The topological polar surface area (TPSA) is 59.9 Å². The van der Waals surface area contributed by atoms with Gasteiger partial charge in [0, 0.05) is 18.9 Å². The molecule has 1 N–H and O–H groups in total. The molecule has 3 heterocycles. The Bertz CT molecular complexity index is 589. The van der Waals surface area contributed by atoms with E-state index in [9.17, 15) is 0 Å². The van der Waals surface area contributed by atoms with E-state index in [4.69, 9.17) is 16.3 Å². The van der Waals surface area contributed by atoms with Crippen molar-refractivity contribution in [3.05, 3.63) is 29.0 Å². The largest absolute Gasteiger partial charge is 0.376 e. The third-order valence-corrected chi connectivity index (χ3v) is 5.29. The van der Waals surface area contributed by atoms with Gasteiger partial charge in [0.05, 0.1) is 11.8 Å². The minimum absolute atomic E-state index is 0.306.